The van der Waals surface area contributed by atoms with Crippen LogP contribution in [0.4, 0.5) is 0 Å². The summed E-state index contributed by atoms with van der Waals surface area (Å²) < 4.78 is 0. The average Bonchev–Trinajstić information content (AvgIpc) is 3.08. The number of piperidine rings is 1. The molecule has 0 aromatic rings. The van der Waals surface area contributed by atoms with Crippen molar-refractivity contribution in [2.45, 2.75) is 64.3 Å². The molecule has 1 heterocycles. The minimum Gasteiger partial charge on any atom is -0.343 e. The highest BCUT2D eigenvalue weighted by Gasteiger charge is 2.40. The maximum atomic E-state index is 12.5. The van der Waals surface area contributed by atoms with Gasteiger partial charge in [-0.2, -0.15) is 0 Å². The van der Waals surface area contributed by atoms with Gasteiger partial charge in [0.2, 0.25) is 5.91 Å². The molecule has 2 bridgehead atoms. The van der Waals surface area contributed by atoms with Gasteiger partial charge in [0, 0.05) is 25.6 Å². The summed E-state index contributed by atoms with van der Waals surface area (Å²) >= 11 is 0. The molecule has 3 aliphatic rings. The van der Waals surface area contributed by atoms with Gasteiger partial charge in [0.25, 0.3) is 0 Å². The van der Waals surface area contributed by atoms with Crippen molar-refractivity contribution in [3.63, 3.8) is 0 Å². The fourth-order valence-electron chi connectivity index (χ4n) is 4.66. The van der Waals surface area contributed by atoms with E-state index in [0.29, 0.717) is 11.9 Å². The van der Waals surface area contributed by atoms with E-state index in [9.17, 15) is 4.79 Å². The molecule has 0 radical (unpaired) electrons. The van der Waals surface area contributed by atoms with E-state index in [1.54, 1.807) is 0 Å². The van der Waals surface area contributed by atoms with Crippen molar-refractivity contribution < 1.29 is 4.79 Å². The summed E-state index contributed by atoms with van der Waals surface area (Å²) in [6, 6.07) is 0.640. The number of amides is 1. The maximum Gasteiger partial charge on any atom is 0.222 e. The quantitative estimate of drug-likeness (QED) is 0.838. The number of likely N-dealkylation sites (tertiary alicyclic amines) is 1. The lowest BCUT2D eigenvalue weighted by molar-refractivity contribution is -0.133. The SMILES string of the molecule is CCCNC1CCN(C(=O)CC2CC3CCC2C3)CC1. The van der Waals surface area contributed by atoms with Crippen LogP contribution in [0, 0.1) is 17.8 Å². The first-order chi connectivity index (χ1) is 9.76. The van der Waals surface area contributed by atoms with Crippen LogP contribution in [0.5, 0.6) is 0 Å². The van der Waals surface area contributed by atoms with Crippen LogP contribution < -0.4 is 5.32 Å². The fourth-order valence-corrected chi connectivity index (χ4v) is 4.66. The smallest absolute Gasteiger partial charge is 0.222 e. The Bertz CT molecular complexity index is 336. The van der Waals surface area contributed by atoms with Crippen molar-refractivity contribution in [3.8, 4) is 0 Å². The van der Waals surface area contributed by atoms with Crippen LogP contribution in [0.3, 0.4) is 0 Å². The molecular formula is C17H30N2O. The molecular weight excluding hydrogens is 248 g/mol. The van der Waals surface area contributed by atoms with Crippen LogP contribution in [0.1, 0.15) is 58.3 Å². The lowest BCUT2D eigenvalue weighted by Crippen LogP contribution is -2.45. The summed E-state index contributed by atoms with van der Waals surface area (Å²) in [5, 5.41) is 3.59. The number of fused-ring (bicyclic) bond motifs is 2. The average molecular weight is 278 g/mol. The molecule has 3 atom stereocenters. The second-order valence-corrected chi connectivity index (χ2v) is 7.25. The van der Waals surface area contributed by atoms with Crippen LogP contribution in [-0.2, 0) is 4.79 Å². The minimum atomic E-state index is 0.441. The molecule has 3 unspecified atom stereocenters. The van der Waals surface area contributed by atoms with E-state index in [2.05, 4.69) is 17.1 Å². The Morgan fingerprint density at radius 3 is 2.55 bits per heavy atom. The van der Waals surface area contributed by atoms with E-state index in [0.717, 1.165) is 56.7 Å². The summed E-state index contributed by atoms with van der Waals surface area (Å²) in [5.74, 6) is 3.00. The molecule has 1 amide bonds. The van der Waals surface area contributed by atoms with E-state index in [1.165, 1.54) is 32.1 Å². The first-order valence-corrected chi connectivity index (χ1v) is 8.77. The predicted molar refractivity (Wildman–Crippen MR) is 81.5 cm³/mol. The summed E-state index contributed by atoms with van der Waals surface area (Å²) in [6.07, 6.45) is 9.91. The number of nitrogens with zero attached hydrogens (tertiary/aromatic N) is 1. The first kappa shape index (κ1) is 14.4. The molecule has 114 valence electrons. The van der Waals surface area contributed by atoms with Gasteiger partial charge in [0.05, 0.1) is 0 Å². The Labute approximate surface area is 123 Å². The molecule has 1 saturated heterocycles. The second kappa shape index (κ2) is 6.46. The zero-order chi connectivity index (χ0) is 13.9. The monoisotopic (exact) mass is 278 g/mol. The molecule has 3 rings (SSSR count). The van der Waals surface area contributed by atoms with E-state index in [1.807, 2.05) is 0 Å². The van der Waals surface area contributed by atoms with Gasteiger partial charge in [0.15, 0.2) is 0 Å². The van der Waals surface area contributed by atoms with Gasteiger partial charge in [-0.3, -0.25) is 4.79 Å². The molecule has 1 N–H and O–H groups in total. The number of hydrogen-bond acceptors (Lipinski definition) is 2. The van der Waals surface area contributed by atoms with Crippen LogP contribution in [0.15, 0.2) is 0 Å². The third-order valence-corrected chi connectivity index (χ3v) is 5.85. The molecule has 3 fully saturated rings. The number of carbonyl (C=O) groups excluding carboxylic acids is 1. The molecule has 0 spiro atoms. The molecule has 3 heteroatoms. The summed E-state index contributed by atoms with van der Waals surface area (Å²) in [7, 11) is 0. The summed E-state index contributed by atoms with van der Waals surface area (Å²) in [6.45, 7) is 5.27. The van der Waals surface area contributed by atoms with Crippen molar-refractivity contribution in [3.05, 3.63) is 0 Å². The van der Waals surface area contributed by atoms with Crippen LogP contribution in [0.2, 0.25) is 0 Å². The third kappa shape index (κ3) is 3.19. The largest absolute Gasteiger partial charge is 0.343 e. The Balaban J connectivity index is 1.40. The van der Waals surface area contributed by atoms with E-state index >= 15 is 0 Å². The van der Waals surface area contributed by atoms with Crippen molar-refractivity contribution in [2.24, 2.45) is 17.8 Å². The molecule has 3 nitrogen and oxygen atoms in total. The van der Waals surface area contributed by atoms with Gasteiger partial charge in [0.1, 0.15) is 0 Å². The number of nitrogens with one attached hydrogen (secondary N) is 1. The van der Waals surface area contributed by atoms with Gasteiger partial charge in [-0.1, -0.05) is 13.3 Å². The molecule has 2 aliphatic carbocycles. The second-order valence-electron chi connectivity index (χ2n) is 7.25. The van der Waals surface area contributed by atoms with Crippen LogP contribution in [0.25, 0.3) is 0 Å². The Morgan fingerprint density at radius 2 is 1.95 bits per heavy atom. The summed E-state index contributed by atoms with van der Waals surface area (Å²) in [4.78, 5) is 14.6. The van der Waals surface area contributed by atoms with E-state index < -0.39 is 0 Å². The van der Waals surface area contributed by atoms with Crippen LogP contribution >= 0.6 is 0 Å². The standard InChI is InChI=1S/C17H30N2O/c1-2-7-18-16-5-8-19(9-6-16)17(20)12-15-11-13-3-4-14(15)10-13/h13-16,18H,2-12H2,1H3. The molecule has 2 saturated carbocycles. The van der Waals surface area contributed by atoms with Gasteiger partial charge in [-0.15, -0.1) is 0 Å². The highest BCUT2D eigenvalue weighted by molar-refractivity contribution is 5.76. The van der Waals surface area contributed by atoms with E-state index in [4.69, 9.17) is 0 Å². The normalized spacial score (nSPS) is 33.9. The highest BCUT2D eigenvalue weighted by Crippen LogP contribution is 2.49. The molecule has 1 aliphatic heterocycles. The maximum absolute atomic E-state index is 12.5. The predicted octanol–water partition coefficient (Wildman–Crippen LogP) is 2.80. The molecule has 20 heavy (non-hydrogen) atoms. The number of carbonyl (C=O) groups is 1. The van der Waals surface area contributed by atoms with Crippen LogP contribution in [-0.4, -0.2) is 36.5 Å². The lowest BCUT2D eigenvalue weighted by atomic mass is 9.86. The number of rotatable bonds is 5. The topological polar surface area (TPSA) is 32.3 Å². The van der Waals surface area contributed by atoms with Crippen molar-refractivity contribution in [2.75, 3.05) is 19.6 Å². The number of hydrogen-bond donors (Lipinski definition) is 1. The Hall–Kier alpha value is -0.570. The van der Waals surface area contributed by atoms with Crippen molar-refractivity contribution in [1.82, 2.24) is 10.2 Å². The van der Waals surface area contributed by atoms with E-state index in [-0.39, 0.29) is 0 Å². The zero-order valence-electron chi connectivity index (χ0n) is 12.9. The Kier molecular flexibility index (Phi) is 4.65. The molecule has 0 aromatic carbocycles. The Morgan fingerprint density at radius 1 is 1.15 bits per heavy atom. The van der Waals surface area contributed by atoms with Gasteiger partial charge < -0.3 is 10.2 Å². The minimum absolute atomic E-state index is 0.441. The third-order valence-electron chi connectivity index (χ3n) is 5.85. The van der Waals surface area contributed by atoms with Crippen molar-refractivity contribution >= 4 is 5.91 Å². The lowest BCUT2D eigenvalue weighted by Gasteiger charge is -2.34. The zero-order valence-corrected chi connectivity index (χ0v) is 12.9. The summed E-state index contributed by atoms with van der Waals surface area (Å²) in [5.41, 5.74) is 0. The highest BCUT2D eigenvalue weighted by atomic mass is 16.2. The fraction of sp³-hybridized carbons (Fsp3) is 0.941. The molecule has 0 aromatic heterocycles. The van der Waals surface area contributed by atoms with Crippen molar-refractivity contribution in [1.29, 1.82) is 0 Å². The van der Waals surface area contributed by atoms with Gasteiger partial charge in [-0.05, 0) is 62.8 Å². The van der Waals surface area contributed by atoms with Gasteiger partial charge in [-0.25, -0.2) is 0 Å². The first-order valence-electron chi connectivity index (χ1n) is 8.77. The van der Waals surface area contributed by atoms with Gasteiger partial charge >= 0.3 is 0 Å².